The van der Waals surface area contributed by atoms with E-state index >= 15 is 0 Å². The van der Waals surface area contributed by atoms with Crippen LogP contribution in [0, 0.1) is 0 Å². The van der Waals surface area contributed by atoms with Crippen molar-refractivity contribution in [2.24, 2.45) is 0 Å². The number of hydrogen-bond donors (Lipinski definition) is 0. The maximum Gasteiger partial charge on any atom is 0.208 e. The summed E-state index contributed by atoms with van der Waals surface area (Å²) in [4.78, 5) is 6.26. The highest BCUT2D eigenvalue weighted by atomic mass is 32.2. The minimum absolute atomic E-state index is 0.575. The first-order valence-corrected chi connectivity index (χ1v) is 7.61. The van der Waals surface area contributed by atoms with Crippen molar-refractivity contribution >= 4 is 28.2 Å². The molecule has 96 valence electrons. The molecule has 0 aliphatic heterocycles. The molecule has 0 amide bonds. The van der Waals surface area contributed by atoms with Crippen LogP contribution < -0.4 is 4.90 Å². The smallest absolute Gasteiger partial charge is 0.208 e. The summed E-state index contributed by atoms with van der Waals surface area (Å²) >= 11 is 3.23. The third kappa shape index (κ3) is 2.67. The maximum absolute atomic E-state index is 5.70. The lowest BCUT2D eigenvalue weighted by Crippen LogP contribution is -2.07. The molecule has 0 saturated heterocycles. The molecule has 0 spiro atoms. The lowest BCUT2D eigenvalue weighted by atomic mass is 10.4. The Kier molecular flexibility index (Phi) is 3.25. The highest BCUT2D eigenvalue weighted by Gasteiger charge is 2.28. The van der Waals surface area contributed by atoms with Gasteiger partial charge in [0.15, 0.2) is 10.2 Å². The molecule has 0 atom stereocenters. The Hall–Kier alpha value is -1.08. The van der Waals surface area contributed by atoms with Crippen LogP contribution in [0.1, 0.15) is 30.4 Å². The fourth-order valence-electron chi connectivity index (χ4n) is 1.48. The van der Waals surface area contributed by atoms with E-state index in [4.69, 9.17) is 4.42 Å². The standard InChI is InChI=1S/C11H14N4OS2/c1-15(2)10-13-14-11(18-10)17-6-8-5-12-9(16-8)7-3-4-7/h5,7H,3-4,6H2,1-2H3. The van der Waals surface area contributed by atoms with Crippen molar-refractivity contribution in [1.82, 2.24) is 15.2 Å². The van der Waals surface area contributed by atoms with Crippen molar-refractivity contribution in [3.05, 3.63) is 17.8 Å². The normalized spacial score (nSPS) is 15.0. The van der Waals surface area contributed by atoms with Crippen LogP contribution in [0.2, 0.25) is 0 Å². The molecule has 2 heterocycles. The Balaban J connectivity index is 1.58. The second-order valence-electron chi connectivity index (χ2n) is 4.47. The molecule has 2 aromatic rings. The van der Waals surface area contributed by atoms with E-state index in [0.717, 1.165) is 26.9 Å². The fraction of sp³-hybridized carbons (Fsp3) is 0.545. The van der Waals surface area contributed by atoms with Gasteiger partial charge in [-0.1, -0.05) is 23.1 Å². The Morgan fingerprint density at radius 2 is 2.28 bits per heavy atom. The van der Waals surface area contributed by atoms with Gasteiger partial charge < -0.3 is 9.32 Å². The van der Waals surface area contributed by atoms with Gasteiger partial charge in [0.2, 0.25) is 5.13 Å². The first kappa shape index (κ1) is 12.0. The number of rotatable bonds is 5. The summed E-state index contributed by atoms with van der Waals surface area (Å²) < 4.78 is 6.66. The molecule has 2 aromatic heterocycles. The maximum atomic E-state index is 5.70. The summed E-state index contributed by atoms with van der Waals surface area (Å²) in [5.41, 5.74) is 0. The van der Waals surface area contributed by atoms with Gasteiger partial charge in [0.05, 0.1) is 11.9 Å². The predicted molar refractivity (Wildman–Crippen MR) is 72.3 cm³/mol. The number of oxazole rings is 1. The zero-order valence-electron chi connectivity index (χ0n) is 10.3. The van der Waals surface area contributed by atoms with Crippen molar-refractivity contribution in [3.8, 4) is 0 Å². The molecule has 0 unspecified atom stereocenters. The average Bonchev–Trinajstić information content (AvgIpc) is 2.92. The zero-order valence-corrected chi connectivity index (χ0v) is 11.9. The molecule has 18 heavy (non-hydrogen) atoms. The quantitative estimate of drug-likeness (QED) is 0.786. The molecular weight excluding hydrogens is 268 g/mol. The number of thioether (sulfide) groups is 1. The Morgan fingerprint density at radius 1 is 1.44 bits per heavy atom. The third-order valence-corrected chi connectivity index (χ3v) is 4.86. The highest BCUT2D eigenvalue weighted by molar-refractivity contribution is 8.00. The average molecular weight is 282 g/mol. The summed E-state index contributed by atoms with van der Waals surface area (Å²) in [7, 11) is 3.93. The SMILES string of the molecule is CN(C)c1nnc(SCc2cnc(C3CC3)o2)s1. The van der Waals surface area contributed by atoms with E-state index in [2.05, 4.69) is 15.2 Å². The van der Waals surface area contributed by atoms with E-state index in [1.54, 1.807) is 23.1 Å². The second kappa shape index (κ2) is 4.89. The fourth-order valence-corrected chi connectivity index (χ4v) is 3.12. The van der Waals surface area contributed by atoms with Crippen molar-refractivity contribution in [3.63, 3.8) is 0 Å². The van der Waals surface area contributed by atoms with Crippen molar-refractivity contribution in [2.45, 2.75) is 28.9 Å². The van der Waals surface area contributed by atoms with Crippen LogP contribution in [0.5, 0.6) is 0 Å². The molecule has 0 radical (unpaired) electrons. The predicted octanol–water partition coefficient (Wildman–Crippen LogP) is 2.76. The van der Waals surface area contributed by atoms with Crippen molar-refractivity contribution < 1.29 is 4.42 Å². The molecule has 0 aromatic carbocycles. The summed E-state index contributed by atoms with van der Waals surface area (Å²) in [6, 6.07) is 0. The van der Waals surface area contributed by atoms with E-state index in [0.29, 0.717) is 5.92 Å². The first-order chi connectivity index (χ1) is 8.72. The van der Waals surface area contributed by atoms with E-state index in [9.17, 15) is 0 Å². The molecule has 0 bridgehead atoms. The van der Waals surface area contributed by atoms with E-state index < -0.39 is 0 Å². The van der Waals surface area contributed by atoms with Gasteiger partial charge in [-0.2, -0.15) is 0 Å². The van der Waals surface area contributed by atoms with Crippen LogP contribution in [0.4, 0.5) is 5.13 Å². The Bertz CT molecular complexity index is 492. The Labute approximate surface area is 114 Å². The van der Waals surface area contributed by atoms with Gasteiger partial charge in [-0.25, -0.2) is 4.98 Å². The Morgan fingerprint density at radius 3 is 2.94 bits per heavy atom. The van der Waals surface area contributed by atoms with Crippen LogP contribution in [0.25, 0.3) is 0 Å². The lowest BCUT2D eigenvalue weighted by molar-refractivity contribution is 0.470. The van der Waals surface area contributed by atoms with Gasteiger partial charge in [-0.15, -0.1) is 10.2 Å². The molecular formula is C11H14N4OS2. The highest BCUT2D eigenvalue weighted by Crippen LogP contribution is 2.40. The van der Waals surface area contributed by atoms with Crippen LogP contribution in [0.3, 0.4) is 0 Å². The van der Waals surface area contributed by atoms with E-state index in [1.165, 1.54) is 12.8 Å². The van der Waals surface area contributed by atoms with Gasteiger partial charge in [0.1, 0.15) is 5.76 Å². The summed E-state index contributed by atoms with van der Waals surface area (Å²) in [6.07, 6.45) is 4.26. The summed E-state index contributed by atoms with van der Waals surface area (Å²) in [6.45, 7) is 0. The van der Waals surface area contributed by atoms with Gasteiger partial charge in [0, 0.05) is 20.0 Å². The van der Waals surface area contributed by atoms with Gasteiger partial charge in [-0.3, -0.25) is 0 Å². The van der Waals surface area contributed by atoms with E-state index in [-0.39, 0.29) is 0 Å². The molecule has 1 saturated carbocycles. The van der Waals surface area contributed by atoms with Crippen molar-refractivity contribution in [1.29, 1.82) is 0 Å². The number of aromatic nitrogens is 3. The summed E-state index contributed by atoms with van der Waals surface area (Å²) in [5, 5.41) is 9.16. The monoisotopic (exact) mass is 282 g/mol. The van der Waals surface area contributed by atoms with Gasteiger partial charge in [-0.05, 0) is 12.8 Å². The van der Waals surface area contributed by atoms with Gasteiger partial charge in [0.25, 0.3) is 0 Å². The molecule has 0 N–H and O–H groups in total. The van der Waals surface area contributed by atoms with Crippen LogP contribution >= 0.6 is 23.1 Å². The third-order valence-electron chi connectivity index (χ3n) is 2.61. The largest absolute Gasteiger partial charge is 0.445 e. The first-order valence-electron chi connectivity index (χ1n) is 5.80. The molecule has 7 heteroatoms. The van der Waals surface area contributed by atoms with Gasteiger partial charge >= 0.3 is 0 Å². The minimum Gasteiger partial charge on any atom is -0.445 e. The second-order valence-corrected chi connectivity index (χ2v) is 6.65. The van der Waals surface area contributed by atoms with Crippen LogP contribution in [-0.4, -0.2) is 29.3 Å². The molecule has 3 rings (SSSR count). The minimum atomic E-state index is 0.575. The topological polar surface area (TPSA) is 55.1 Å². The summed E-state index contributed by atoms with van der Waals surface area (Å²) in [5.74, 6) is 3.16. The van der Waals surface area contributed by atoms with E-state index in [1.807, 2.05) is 25.2 Å². The molecule has 1 aliphatic carbocycles. The number of anilines is 1. The van der Waals surface area contributed by atoms with Crippen LogP contribution in [-0.2, 0) is 5.75 Å². The number of hydrogen-bond acceptors (Lipinski definition) is 7. The molecule has 1 fully saturated rings. The zero-order chi connectivity index (χ0) is 12.5. The van der Waals surface area contributed by atoms with Crippen molar-refractivity contribution in [2.75, 3.05) is 19.0 Å². The molecule has 1 aliphatic rings. The molecule has 5 nitrogen and oxygen atoms in total. The lowest BCUT2D eigenvalue weighted by Gasteiger charge is -2.03. The number of nitrogens with zero attached hydrogens (tertiary/aromatic N) is 4. The van der Waals surface area contributed by atoms with Crippen LogP contribution in [0.15, 0.2) is 15.0 Å².